The summed E-state index contributed by atoms with van der Waals surface area (Å²) < 4.78 is 0. The van der Waals surface area contributed by atoms with Crippen molar-refractivity contribution in [3.05, 3.63) is 0 Å². The van der Waals surface area contributed by atoms with Gasteiger partial charge in [0.1, 0.15) is 0 Å². The van der Waals surface area contributed by atoms with E-state index in [0.717, 1.165) is 19.6 Å². The van der Waals surface area contributed by atoms with Crippen LogP contribution in [0.1, 0.15) is 32.1 Å². The van der Waals surface area contributed by atoms with Crippen molar-refractivity contribution in [2.24, 2.45) is 11.8 Å². The molecule has 1 aliphatic carbocycles. The van der Waals surface area contributed by atoms with E-state index in [4.69, 9.17) is 0 Å². The van der Waals surface area contributed by atoms with Crippen molar-refractivity contribution in [3.63, 3.8) is 0 Å². The second-order valence-corrected chi connectivity index (χ2v) is 5.35. The first-order chi connectivity index (χ1) is 7.74. The molecule has 2 unspecified atom stereocenters. The molecule has 0 aromatic heterocycles. The molecule has 1 saturated carbocycles. The van der Waals surface area contributed by atoms with Crippen molar-refractivity contribution in [3.8, 4) is 0 Å². The van der Waals surface area contributed by atoms with E-state index in [9.17, 15) is 5.11 Å². The van der Waals surface area contributed by atoms with E-state index < -0.39 is 0 Å². The minimum atomic E-state index is 0.379. The van der Waals surface area contributed by atoms with Crippen molar-refractivity contribution in [2.75, 3.05) is 40.3 Å². The van der Waals surface area contributed by atoms with Crippen molar-refractivity contribution >= 4 is 0 Å². The lowest BCUT2D eigenvalue weighted by Crippen LogP contribution is -2.33. The highest BCUT2D eigenvalue weighted by Crippen LogP contribution is 2.28. The van der Waals surface area contributed by atoms with E-state index in [2.05, 4.69) is 24.3 Å². The lowest BCUT2D eigenvalue weighted by atomic mass is 9.79. The predicted molar refractivity (Wildman–Crippen MR) is 68.6 cm³/mol. The Kier molecular flexibility index (Phi) is 7.01. The van der Waals surface area contributed by atoms with E-state index in [1.54, 1.807) is 0 Å². The summed E-state index contributed by atoms with van der Waals surface area (Å²) in [7, 11) is 4.23. The fourth-order valence-corrected chi connectivity index (χ4v) is 2.60. The maximum atomic E-state index is 9.30. The highest BCUT2D eigenvalue weighted by atomic mass is 16.3. The van der Waals surface area contributed by atoms with Crippen LogP contribution < -0.4 is 5.32 Å². The predicted octanol–water partition coefficient (Wildman–Crippen LogP) is 1.33. The number of rotatable bonds is 7. The summed E-state index contributed by atoms with van der Waals surface area (Å²) in [4.78, 5) is 2.22. The minimum Gasteiger partial charge on any atom is -0.396 e. The van der Waals surface area contributed by atoms with E-state index in [1.165, 1.54) is 32.1 Å². The van der Waals surface area contributed by atoms with Crippen LogP contribution in [0, 0.1) is 11.8 Å². The Morgan fingerprint density at radius 2 is 1.88 bits per heavy atom. The number of nitrogens with one attached hydrogen (secondary N) is 1. The van der Waals surface area contributed by atoms with Crippen LogP contribution in [0.4, 0.5) is 0 Å². The summed E-state index contributed by atoms with van der Waals surface area (Å²) in [5.41, 5.74) is 0. The quantitative estimate of drug-likeness (QED) is 0.645. The maximum absolute atomic E-state index is 9.30. The van der Waals surface area contributed by atoms with Crippen LogP contribution in [0.3, 0.4) is 0 Å². The number of nitrogens with zero attached hydrogens (tertiary/aromatic N) is 1. The average Bonchev–Trinajstić information content (AvgIpc) is 2.29. The smallest absolute Gasteiger partial charge is 0.0462 e. The van der Waals surface area contributed by atoms with Crippen LogP contribution in [-0.4, -0.2) is 50.3 Å². The average molecular weight is 228 g/mol. The zero-order valence-electron chi connectivity index (χ0n) is 10.9. The summed E-state index contributed by atoms with van der Waals surface area (Å²) in [6.45, 7) is 3.73. The fourth-order valence-electron chi connectivity index (χ4n) is 2.60. The third-order valence-corrected chi connectivity index (χ3v) is 3.67. The molecule has 2 atom stereocenters. The van der Waals surface area contributed by atoms with Gasteiger partial charge in [-0.05, 0) is 64.8 Å². The molecule has 2 N–H and O–H groups in total. The molecule has 1 rings (SSSR count). The minimum absolute atomic E-state index is 0.379. The van der Waals surface area contributed by atoms with Gasteiger partial charge in [0, 0.05) is 6.61 Å². The lowest BCUT2D eigenvalue weighted by Gasteiger charge is -2.30. The van der Waals surface area contributed by atoms with Crippen molar-refractivity contribution in [1.29, 1.82) is 0 Å². The normalized spacial score (nSPS) is 26.2. The molecule has 0 aromatic carbocycles. The summed E-state index contributed by atoms with van der Waals surface area (Å²) in [5, 5.41) is 12.8. The molecule has 1 aliphatic rings. The zero-order valence-corrected chi connectivity index (χ0v) is 10.9. The summed E-state index contributed by atoms with van der Waals surface area (Å²) in [6.07, 6.45) is 6.39. The van der Waals surface area contributed by atoms with E-state index in [0.29, 0.717) is 18.4 Å². The van der Waals surface area contributed by atoms with Gasteiger partial charge in [0.05, 0.1) is 0 Å². The SMILES string of the molecule is CN(C)CCCNCC1CCCCC1CO. The molecule has 16 heavy (non-hydrogen) atoms. The first-order valence-electron chi connectivity index (χ1n) is 6.70. The first kappa shape index (κ1) is 13.9. The van der Waals surface area contributed by atoms with Crippen LogP contribution in [0.15, 0.2) is 0 Å². The Labute approximate surface area is 100 Å². The largest absolute Gasteiger partial charge is 0.396 e. The van der Waals surface area contributed by atoms with Gasteiger partial charge >= 0.3 is 0 Å². The third-order valence-electron chi connectivity index (χ3n) is 3.67. The maximum Gasteiger partial charge on any atom is 0.0462 e. The molecule has 0 bridgehead atoms. The Balaban J connectivity index is 2.06. The second-order valence-electron chi connectivity index (χ2n) is 5.35. The molecule has 0 aliphatic heterocycles. The molecule has 96 valence electrons. The molecule has 0 amide bonds. The Hall–Kier alpha value is -0.120. The highest BCUT2D eigenvalue weighted by Gasteiger charge is 2.23. The molecule has 3 nitrogen and oxygen atoms in total. The zero-order chi connectivity index (χ0) is 11.8. The van der Waals surface area contributed by atoms with E-state index in [1.807, 2.05) is 0 Å². The van der Waals surface area contributed by atoms with Crippen molar-refractivity contribution < 1.29 is 5.11 Å². The molecule has 0 spiro atoms. The van der Waals surface area contributed by atoms with Crippen LogP contribution >= 0.6 is 0 Å². The monoisotopic (exact) mass is 228 g/mol. The molecular weight excluding hydrogens is 200 g/mol. The first-order valence-corrected chi connectivity index (χ1v) is 6.70. The molecule has 0 heterocycles. The number of aliphatic hydroxyl groups excluding tert-OH is 1. The lowest BCUT2D eigenvalue weighted by molar-refractivity contribution is 0.133. The number of aliphatic hydroxyl groups is 1. The molecule has 3 heteroatoms. The highest BCUT2D eigenvalue weighted by molar-refractivity contribution is 4.76. The van der Waals surface area contributed by atoms with Gasteiger partial charge in [-0.2, -0.15) is 0 Å². The van der Waals surface area contributed by atoms with E-state index >= 15 is 0 Å². The third kappa shape index (κ3) is 5.28. The molecular formula is C13H28N2O. The topological polar surface area (TPSA) is 35.5 Å². The molecule has 0 aromatic rings. The Morgan fingerprint density at radius 1 is 1.19 bits per heavy atom. The summed E-state index contributed by atoms with van der Waals surface area (Å²) in [6, 6.07) is 0. The fraction of sp³-hybridized carbons (Fsp3) is 1.00. The number of hydrogen-bond donors (Lipinski definition) is 2. The van der Waals surface area contributed by atoms with Gasteiger partial charge in [-0.3, -0.25) is 0 Å². The van der Waals surface area contributed by atoms with Crippen LogP contribution in [0.5, 0.6) is 0 Å². The molecule has 1 fully saturated rings. The van der Waals surface area contributed by atoms with Gasteiger partial charge in [-0.15, -0.1) is 0 Å². The molecule has 0 radical (unpaired) electrons. The van der Waals surface area contributed by atoms with Gasteiger partial charge in [0.2, 0.25) is 0 Å². The Bertz CT molecular complexity index is 173. The van der Waals surface area contributed by atoms with E-state index in [-0.39, 0.29) is 0 Å². The number of hydrogen-bond acceptors (Lipinski definition) is 3. The van der Waals surface area contributed by atoms with Crippen LogP contribution in [0.2, 0.25) is 0 Å². The second kappa shape index (κ2) is 8.04. The van der Waals surface area contributed by atoms with Crippen LogP contribution in [0.25, 0.3) is 0 Å². The summed E-state index contributed by atoms with van der Waals surface area (Å²) >= 11 is 0. The molecule has 0 saturated heterocycles. The van der Waals surface area contributed by atoms with Crippen molar-refractivity contribution in [1.82, 2.24) is 10.2 Å². The van der Waals surface area contributed by atoms with Gasteiger partial charge in [-0.1, -0.05) is 12.8 Å². The Morgan fingerprint density at radius 3 is 2.50 bits per heavy atom. The van der Waals surface area contributed by atoms with Gasteiger partial charge in [0.25, 0.3) is 0 Å². The van der Waals surface area contributed by atoms with Crippen LogP contribution in [-0.2, 0) is 0 Å². The van der Waals surface area contributed by atoms with Gasteiger partial charge < -0.3 is 15.3 Å². The summed E-state index contributed by atoms with van der Waals surface area (Å²) in [5.74, 6) is 1.26. The van der Waals surface area contributed by atoms with Gasteiger partial charge in [0.15, 0.2) is 0 Å². The van der Waals surface area contributed by atoms with Gasteiger partial charge in [-0.25, -0.2) is 0 Å². The van der Waals surface area contributed by atoms with Crippen molar-refractivity contribution in [2.45, 2.75) is 32.1 Å². The standard InChI is InChI=1S/C13H28N2O/c1-15(2)9-5-8-14-10-12-6-3-4-7-13(12)11-16/h12-14,16H,3-11H2,1-2H3.